The monoisotopic (exact) mass is 241 g/mol. The van der Waals surface area contributed by atoms with Crippen LogP contribution < -0.4 is 10.7 Å². The third-order valence-electron chi connectivity index (χ3n) is 1.86. The fourth-order valence-electron chi connectivity index (χ4n) is 1.02. The van der Waals surface area contributed by atoms with Crippen molar-refractivity contribution in [2.75, 3.05) is 7.05 Å². The van der Waals surface area contributed by atoms with Gasteiger partial charge < -0.3 is 5.32 Å². The molecular formula is C10H12ClN3S. The Morgan fingerprint density at radius 1 is 1.53 bits per heavy atom. The average molecular weight is 242 g/mol. The lowest BCUT2D eigenvalue weighted by molar-refractivity contribution is 0.982. The highest BCUT2D eigenvalue weighted by molar-refractivity contribution is 7.80. The van der Waals surface area contributed by atoms with E-state index in [9.17, 15) is 0 Å². The highest BCUT2D eigenvalue weighted by Gasteiger charge is 1.99. The molecule has 1 aromatic rings. The van der Waals surface area contributed by atoms with Crippen molar-refractivity contribution >= 4 is 35.1 Å². The summed E-state index contributed by atoms with van der Waals surface area (Å²) in [6, 6.07) is 5.70. The van der Waals surface area contributed by atoms with Crippen molar-refractivity contribution in [1.29, 1.82) is 0 Å². The zero-order valence-corrected chi connectivity index (χ0v) is 10.1. The second kappa shape index (κ2) is 5.68. The molecule has 2 N–H and O–H groups in total. The smallest absolute Gasteiger partial charge is 0.186 e. The predicted molar refractivity (Wildman–Crippen MR) is 68.6 cm³/mol. The molecular weight excluding hydrogens is 230 g/mol. The second-order valence-electron chi connectivity index (χ2n) is 2.92. The molecule has 0 fully saturated rings. The molecule has 0 unspecified atom stereocenters. The first-order valence-corrected chi connectivity index (χ1v) is 5.19. The van der Waals surface area contributed by atoms with Crippen LogP contribution in [-0.4, -0.2) is 18.4 Å². The summed E-state index contributed by atoms with van der Waals surface area (Å²) in [6.45, 7) is 1.98. The summed E-state index contributed by atoms with van der Waals surface area (Å²) in [6.07, 6.45) is 1.65. The summed E-state index contributed by atoms with van der Waals surface area (Å²) in [5, 5.41) is 7.87. The Morgan fingerprint density at radius 2 is 2.27 bits per heavy atom. The fraction of sp³-hybridized carbons (Fsp3) is 0.200. The Labute approximate surface area is 99.5 Å². The molecule has 80 valence electrons. The molecule has 0 aliphatic rings. The maximum Gasteiger partial charge on any atom is 0.186 e. The minimum Gasteiger partial charge on any atom is -0.364 e. The van der Waals surface area contributed by atoms with Gasteiger partial charge in [-0.1, -0.05) is 23.7 Å². The van der Waals surface area contributed by atoms with E-state index in [1.54, 1.807) is 13.3 Å². The van der Waals surface area contributed by atoms with Gasteiger partial charge in [0.1, 0.15) is 0 Å². The lowest BCUT2D eigenvalue weighted by Crippen LogP contribution is -2.28. The van der Waals surface area contributed by atoms with Crippen molar-refractivity contribution in [2.24, 2.45) is 5.10 Å². The summed E-state index contributed by atoms with van der Waals surface area (Å²) in [5.41, 5.74) is 4.63. The van der Waals surface area contributed by atoms with Crippen LogP contribution in [0.2, 0.25) is 5.02 Å². The van der Waals surface area contributed by atoms with Gasteiger partial charge in [0.15, 0.2) is 5.11 Å². The minimum atomic E-state index is 0.468. The Morgan fingerprint density at radius 3 is 2.87 bits per heavy atom. The molecule has 0 amide bonds. The van der Waals surface area contributed by atoms with Gasteiger partial charge in [-0.25, -0.2) is 0 Å². The highest BCUT2D eigenvalue weighted by atomic mass is 35.5. The van der Waals surface area contributed by atoms with Crippen molar-refractivity contribution < 1.29 is 0 Å². The van der Waals surface area contributed by atoms with E-state index >= 15 is 0 Å². The second-order valence-corrected chi connectivity index (χ2v) is 3.73. The Bertz CT molecular complexity index is 370. The van der Waals surface area contributed by atoms with Crippen LogP contribution in [0.25, 0.3) is 0 Å². The molecule has 0 heterocycles. The number of nitrogens with one attached hydrogen (secondary N) is 2. The number of hydrogen-bond acceptors (Lipinski definition) is 2. The van der Waals surface area contributed by atoms with Crippen molar-refractivity contribution in [3.05, 3.63) is 34.3 Å². The number of hydrazone groups is 1. The zero-order chi connectivity index (χ0) is 11.3. The van der Waals surface area contributed by atoms with Crippen LogP contribution >= 0.6 is 23.8 Å². The Hall–Kier alpha value is -1.13. The van der Waals surface area contributed by atoms with Crippen molar-refractivity contribution in [2.45, 2.75) is 6.92 Å². The highest BCUT2D eigenvalue weighted by Crippen LogP contribution is 2.16. The SMILES string of the molecule is CNC(=S)N/N=C\c1c(C)cccc1Cl. The number of hydrogen-bond donors (Lipinski definition) is 2. The summed E-state index contributed by atoms with van der Waals surface area (Å²) in [5.74, 6) is 0. The van der Waals surface area contributed by atoms with Gasteiger partial charge in [0.25, 0.3) is 0 Å². The molecule has 0 saturated carbocycles. The molecule has 0 aliphatic heterocycles. The molecule has 1 rings (SSSR count). The van der Waals surface area contributed by atoms with Crippen LogP contribution in [0.1, 0.15) is 11.1 Å². The quantitative estimate of drug-likeness (QED) is 0.473. The van der Waals surface area contributed by atoms with Crippen molar-refractivity contribution in [3.63, 3.8) is 0 Å². The van der Waals surface area contributed by atoms with E-state index in [4.69, 9.17) is 23.8 Å². The topological polar surface area (TPSA) is 36.4 Å². The number of benzene rings is 1. The van der Waals surface area contributed by atoms with Crippen molar-refractivity contribution in [3.8, 4) is 0 Å². The Balaban J connectivity index is 2.76. The van der Waals surface area contributed by atoms with Crippen LogP contribution in [-0.2, 0) is 0 Å². The lowest BCUT2D eigenvalue weighted by atomic mass is 10.1. The number of rotatable bonds is 2. The predicted octanol–water partition coefficient (Wildman–Crippen LogP) is 2.08. The third-order valence-corrected chi connectivity index (χ3v) is 2.48. The number of halogens is 1. The van der Waals surface area contributed by atoms with E-state index in [1.807, 2.05) is 25.1 Å². The average Bonchev–Trinajstić information content (AvgIpc) is 2.22. The molecule has 15 heavy (non-hydrogen) atoms. The summed E-state index contributed by atoms with van der Waals surface area (Å²) >= 11 is 10.9. The molecule has 0 aliphatic carbocycles. The van der Waals surface area contributed by atoms with Crippen molar-refractivity contribution in [1.82, 2.24) is 10.7 Å². The largest absolute Gasteiger partial charge is 0.364 e. The van der Waals surface area contributed by atoms with Gasteiger partial charge >= 0.3 is 0 Å². The maximum atomic E-state index is 6.01. The van der Waals surface area contributed by atoms with Gasteiger partial charge in [-0.15, -0.1) is 0 Å². The molecule has 0 spiro atoms. The zero-order valence-electron chi connectivity index (χ0n) is 8.54. The Kier molecular flexibility index (Phi) is 4.52. The summed E-state index contributed by atoms with van der Waals surface area (Å²) in [4.78, 5) is 0. The first kappa shape index (κ1) is 11.9. The molecule has 0 saturated heterocycles. The molecule has 0 radical (unpaired) electrons. The van der Waals surface area contributed by atoms with Crippen LogP contribution in [0.5, 0.6) is 0 Å². The van der Waals surface area contributed by atoms with Gasteiger partial charge in [0, 0.05) is 17.6 Å². The van der Waals surface area contributed by atoms with Gasteiger partial charge in [-0.05, 0) is 30.8 Å². The first-order valence-electron chi connectivity index (χ1n) is 4.41. The van der Waals surface area contributed by atoms with E-state index in [1.165, 1.54) is 0 Å². The number of thiocarbonyl (C=S) groups is 1. The molecule has 5 heteroatoms. The van der Waals surface area contributed by atoms with Gasteiger partial charge in [0.05, 0.1) is 6.21 Å². The van der Waals surface area contributed by atoms with Crippen LogP contribution in [0, 0.1) is 6.92 Å². The van der Waals surface area contributed by atoms with E-state index in [0.29, 0.717) is 10.1 Å². The van der Waals surface area contributed by atoms with Gasteiger partial charge in [-0.3, -0.25) is 5.43 Å². The van der Waals surface area contributed by atoms with E-state index in [2.05, 4.69) is 15.8 Å². The minimum absolute atomic E-state index is 0.468. The number of aryl methyl sites for hydroxylation is 1. The fourth-order valence-corrected chi connectivity index (χ4v) is 1.34. The lowest BCUT2D eigenvalue weighted by Gasteiger charge is -2.03. The van der Waals surface area contributed by atoms with Crippen LogP contribution in [0.4, 0.5) is 0 Å². The molecule has 0 bridgehead atoms. The molecule has 1 aromatic carbocycles. The van der Waals surface area contributed by atoms with E-state index < -0.39 is 0 Å². The van der Waals surface area contributed by atoms with E-state index in [0.717, 1.165) is 11.1 Å². The van der Waals surface area contributed by atoms with Gasteiger partial charge in [-0.2, -0.15) is 5.10 Å². The molecule has 0 atom stereocenters. The summed E-state index contributed by atoms with van der Waals surface area (Å²) < 4.78 is 0. The standard InChI is InChI=1S/C10H12ClN3S/c1-7-4-3-5-9(11)8(7)6-13-14-10(15)12-2/h3-6H,1-2H3,(H2,12,14,15)/b13-6-. The summed E-state index contributed by atoms with van der Waals surface area (Å²) in [7, 11) is 1.73. The molecule has 0 aromatic heterocycles. The molecule has 3 nitrogen and oxygen atoms in total. The van der Waals surface area contributed by atoms with Gasteiger partial charge in [0.2, 0.25) is 0 Å². The number of nitrogens with zero attached hydrogens (tertiary/aromatic N) is 1. The van der Waals surface area contributed by atoms with Crippen LogP contribution in [0.15, 0.2) is 23.3 Å². The van der Waals surface area contributed by atoms with E-state index in [-0.39, 0.29) is 0 Å². The van der Waals surface area contributed by atoms with Crippen LogP contribution in [0.3, 0.4) is 0 Å². The first-order chi connectivity index (χ1) is 7.15. The maximum absolute atomic E-state index is 6.01. The normalized spacial score (nSPS) is 10.3. The third kappa shape index (κ3) is 3.49.